The largest absolute Gasteiger partial charge is 0.318 e. The zero-order valence-corrected chi connectivity index (χ0v) is 12.1. The summed E-state index contributed by atoms with van der Waals surface area (Å²) in [5.41, 5.74) is 1.73. The van der Waals surface area contributed by atoms with Crippen molar-refractivity contribution in [3.63, 3.8) is 0 Å². The van der Waals surface area contributed by atoms with Gasteiger partial charge in [0, 0.05) is 6.20 Å². The Morgan fingerprint density at radius 3 is 2.71 bits per heavy atom. The Kier molecular flexibility index (Phi) is 4.45. The predicted octanol–water partition coefficient (Wildman–Crippen LogP) is 2.29. The highest BCUT2D eigenvalue weighted by Crippen LogP contribution is 2.29. The fraction of sp³-hybridized carbons (Fsp3) is 0. The molecule has 0 fully saturated rings. The minimum absolute atomic E-state index is 0.0488. The number of hydrogen-bond acceptors (Lipinski definition) is 6. The molecule has 1 aromatic carbocycles. The Morgan fingerprint density at radius 1 is 1.33 bits per heavy atom. The number of rotatable bonds is 4. The number of nitrogen functional groups attached to an aromatic ring is 1. The molecule has 1 amide bonds. The van der Waals surface area contributed by atoms with E-state index < -0.39 is 16.5 Å². The first kappa shape index (κ1) is 14.9. The zero-order valence-electron chi connectivity index (χ0n) is 10.5. The van der Waals surface area contributed by atoms with Crippen molar-refractivity contribution in [3.8, 4) is 0 Å². The summed E-state index contributed by atoms with van der Waals surface area (Å²) in [4.78, 5) is 26.6. The lowest BCUT2D eigenvalue weighted by Gasteiger charge is -2.08. The average Bonchev–Trinajstić information content (AvgIpc) is 2.48. The van der Waals surface area contributed by atoms with Gasteiger partial charge in [0.2, 0.25) is 0 Å². The van der Waals surface area contributed by atoms with E-state index >= 15 is 0 Å². The van der Waals surface area contributed by atoms with Crippen LogP contribution in [0.4, 0.5) is 17.2 Å². The van der Waals surface area contributed by atoms with Crippen molar-refractivity contribution in [1.29, 1.82) is 0 Å². The average molecular weight is 352 g/mol. The van der Waals surface area contributed by atoms with Gasteiger partial charge in [0.1, 0.15) is 17.1 Å². The minimum atomic E-state index is -0.669. The second-order valence-corrected chi connectivity index (χ2v) is 4.75. The summed E-state index contributed by atoms with van der Waals surface area (Å²) in [6, 6.07) is 7.61. The molecule has 0 saturated heterocycles. The summed E-state index contributed by atoms with van der Waals surface area (Å²) in [5, 5.41) is 13.6. The van der Waals surface area contributed by atoms with Gasteiger partial charge in [0.05, 0.1) is 9.40 Å². The molecule has 1 heterocycles. The number of nitrogens with two attached hydrogens (primary N) is 1. The standard InChI is InChI=1S/C12H10BrN5O3/c13-8-4-2-6-15-11(8)16-12(19)7-3-1-5-9(17-14)10(7)18(20)21/h1-6,17H,14H2,(H,15,16,19). The minimum Gasteiger partial charge on any atom is -0.318 e. The maximum atomic E-state index is 12.2. The molecule has 0 radical (unpaired) electrons. The van der Waals surface area contributed by atoms with Crippen molar-refractivity contribution in [2.24, 2.45) is 5.84 Å². The fourth-order valence-corrected chi connectivity index (χ4v) is 2.05. The number of anilines is 2. The van der Waals surface area contributed by atoms with Crippen LogP contribution >= 0.6 is 15.9 Å². The van der Waals surface area contributed by atoms with Gasteiger partial charge in [-0.3, -0.25) is 20.8 Å². The highest BCUT2D eigenvalue weighted by Gasteiger charge is 2.24. The maximum absolute atomic E-state index is 12.2. The lowest BCUT2D eigenvalue weighted by Crippen LogP contribution is -2.17. The van der Waals surface area contributed by atoms with E-state index in [9.17, 15) is 14.9 Å². The molecule has 0 saturated carbocycles. The summed E-state index contributed by atoms with van der Waals surface area (Å²) in [6.45, 7) is 0. The number of hydrazine groups is 1. The number of pyridine rings is 1. The number of para-hydroxylation sites is 1. The second kappa shape index (κ2) is 6.29. The van der Waals surface area contributed by atoms with Gasteiger partial charge in [-0.2, -0.15) is 0 Å². The Morgan fingerprint density at radius 2 is 2.10 bits per heavy atom. The van der Waals surface area contributed by atoms with Gasteiger partial charge < -0.3 is 10.7 Å². The Labute approximate surface area is 127 Å². The summed E-state index contributed by atoms with van der Waals surface area (Å²) in [5.74, 6) is 4.84. The number of nitro groups is 1. The van der Waals surface area contributed by atoms with Crippen molar-refractivity contribution in [2.75, 3.05) is 10.7 Å². The molecule has 1 aromatic heterocycles. The predicted molar refractivity (Wildman–Crippen MR) is 80.8 cm³/mol. The van der Waals surface area contributed by atoms with Gasteiger partial charge in [-0.25, -0.2) is 4.98 Å². The number of hydrogen-bond donors (Lipinski definition) is 3. The lowest BCUT2D eigenvalue weighted by molar-refractivity contribution is -0.384. The van der Waals surface area contributed by atoms with E-state index in [0.29, 0.717) is 4.47 Å². The topological polar surface area (TPSA) is 123 Å². The molecule has 0 unspecified atom stereocenters. The quantitative estimate of drug-likeness (QED) is 0.441. The highest BCUT2D eigenvalue weighted by atomic mass is 79.9. The molecule has 0 aliphatic heterocycles. The van der Waals surface area contributed by atoms with E-state index in [1.165, 1.54) is 24.4 Å². The van der Waals surface area contributed by atoms with E-state index in [1.807, 2.05) is 0 Å². The summed E-state index contributed by atoms with van der Waals surface area (Å²) >= 11 is 3.23. The normalized spacial score (nSPS) is 10.0. The van der Waals surface area contributed by atoms with Crippen molar-refractivity contribution in [2.45, 2.75) is 0 Å². The summed E-state index contributed by atoms with van der Waals surface area (Å²) in [7, 11) is 0. The van der Waals surface area contributed by atoms with Gasteiger partial charge in [-0.15, -0.1) is 0 Å². The van der Waals surface area contributed by atoms with Crippen LogP contribution in [-0.4, -0.2) is 15.8 Å². The third kappa shape index (κ3) is 3.15. The van der Waals surface area contributed by atoms with E-state index in [1.54, 1.807) is 12.1 Å². The molecule has 0 atom stereocenters. The van der Waals surface area contributed by atoms with E-state index in [2.05, 4.69) is 31.7 Å². The number of carbonyl (C=O) groups excluding carboxylic acids is 1. The molecular weight excluding hydrogens is 342 g/mol. The van der Waals surface area contributed by atoms with Crippen LogP contribution in [0.5, 0.6) is 0 Å². The molecule has 0 spiro atoms. The monoisotopic (exact) mass is 351 g/mol. The first-order valence-corrected chi connectivity index (χ1v) is 6.49. The molecular formula is C12H10BrN5O3. The van der Waals surface area contributed by atoms with Gasteiger partial charge in [-0.05, 0) is 40.2 Å². The van der Waals surface area contributed by atoms with Crippen molar-refractivity contribution in [3.05, 3.63) is 56.7 Å². The summed E-state index contributed by atoms with van der Waals surface area (Å²) in [6.07, 6.45) is 1.49. The van der Waals surface area contributed by atoms with Crippen LogP contribution in [-0.2, 0) is 0 Å². The number of nitrogens with one attached hydrogen (secondary N) is 2. The molecule has 0 aliphatic rings. The zero-order chi connectivity index (χ0) is 15.4. The number of aromatic nitrogens is 1. The van der Waals surface area contributed by atoms with Crippen molar-refractivity contribution < 1.29 is 9.72 Å². The van der Waals surface area contributed by atoms with Crippen LogP contribution in [0.25, 0.3) is 0 Å². The van der Waals surface area contributed by atoms with Crippen LogP contribution in [0.2, 0.25) is 0 Å². The van der Waals surface area contributed by atoms with E-state index in [-0.39, 0.29) is 17.1 Å². The molecule has 8 nitrogen and oxygen atoms in total. The van der Waals surface area contributed by atoms with Gasteiger partial charge in [0.15, 0.2) is 0 Å². The Bertz CT molecular complexity index is 707. The number of carbonyl (C=O) groups is 1. The van der Waals surface area contributed by atoms with E-state index in [0.717, 1.165) is 0 Å². The molecule has 0 bridgehead atoms. The first-order chi connectivity index (χ1) is 10.0. The van der Waals surface area contributed by atoms with Crippen LogP contribution < -0.4 is 16.6 Å². The molecule has 2 aromatic rings. The second-order valence-electron chi connectivity index (χ2n) is 3.89. The number of benzene rings is 1. The molecule has 2 rings (SSSR count). The van der Waals surface area contributed by atoms with Crippen LogP contribution in [0.15, 0.2) is 41.0 Å². The van der Waals surface area contributed by atoms with Gasteiger partial charge >= 0.3 is 5.69 Å². The van der Waals surface area contributed by atoms with Crippen LogP contribution in [0, 0.1) is 10.1 Å². The molecule has 9 heteroatoms. The van der Waals surface area contributed by atoms with Gasteiger partial charge in [-0.1, -0.05) is 6.07 Å². The SMILES string of the molecule is NNc1cccc(C(=O)Nc2ncccc2Br)c1[N+](=O)[O-]. The Balaban J connectivity index is 2.40. The van der Waals surface area contributed by atoms with Crippen molar-refractivity contribution in [1.82, 2.24) is 4.98 Å². The first-order valence-electron chi connectivity index (χ1n) is 5.70. The number of nitro benzene ring substituents is 1. The van der Waals surface area contributed by atoms with Crippen LogP contribution in [0.1, 0.15) is 10.4 Å². The third-order valence-electron chi connectivity index (χ3n) is 2.61. The molecule has 21 heavy (non-hydrogen) atoms. The Hall–Kier alpha value is -2.52. The summed E-state index contributed by atoms with van der Waals surface area (Å²) < 4.78 is 0.564. The number of nitrogens with zero attached hydrogens (tertiary/aromatic N) is 2. The van der Waals surface area contributed by atoms with Crippen molar-refractivity contribution >= 4 is 39.0 Å². The van der Waals surface area contributed by atoms with Crippen LogP contribution in [0.3, 0.4) is 0 Å². The molecule has 108 valence electrons. The lowest BCUT2D eigenvalue weighted by atomic mass is 10.1. The number of halogens is 1. The smallest absolute Gasteiger partial charge is 0.306 e. The fourth-order valence-electron chi connectivity index (χ4n) is 1.69. The maximum Gasteiger partial charge on any atom is 0.306 e. The molecule has 0 aliphatic carbocycles. The number of amides is 1. The van der Waals surface area contributed by atoms with E-state index in [4.69, 9.17) is 5.84 Å². The highest BCUT2D eigenvalue weighted by molar-refractivity contribution is 9.10. The third-order valence-corrected chi connectivity index (χ3v) is 3.25. The molecule has 4 N–H and O–H groups in total. The van der Waals surface area contributed by atoms with Gasteiger partial charge in [0.25, 0.3) is 5.91 Å².